The lowest BCUT2D eigenvalue weighted by Crippen LogP contribution is -2.48. The first kappa shape index (κ1) is 19.2. The highest BCUT2D eigenvalue weighted by molar-refractivity contribution is 5.97. The highest BCUT2D eigenvalue weighted by atomic mass is 16.6. The molecule has 0 aliphatic carbocycles. The maximum Gasteiger partial charge on any atom is 0.269 e. The number of nitro groups is 1. The van der Waals surface area contributed by atoms with Crippen LogP contribution < -0.4 is 0 Å². The number of piperazine rings is 1. The van der Waals surface area contributed by atoms with E-state index in [4.69, 9.17) is 0 Å². The van der Waals surface area contributed by atoms with E-state index in [0.717, 1.165) is 42.9 Å². The number of hydrogen-bond donors (Lipinski definition) is 0. The van der Waals surface area contributed by atoms with E-state index in [2.05, 4.69) is 16.7 Å². The van der Waals surface area contributed by atoms with Crippen LogP contribution in [0.15, 0.2) is 48.5 Å². The van der Waals surface area contributed by atoms with Gasteiger partial charge in [0.2, 0.25) is 0 Å². The number of aryl methyl sites for hydroxylation is 1. The van der Waals surface area contributed by atoms with Gasteiger partial charge in [-0.15, -0.1) is 0 Å². The third-order valence-corrected chi connectivity index (χ3v) is 5.28. The average molecular weight is 367 g/mol. The van der Waals surface area contributed by atoms with Gasteiger partial charge in [0.05, 0.1) is 11.5 Å². The second-order valence-corrected chi connectivity index (χ2v) is 7.13. The summed E-state index contributed by atoms with van der Waals surface area (Å²) in [5.74, 6) is 0.159. The number of Topliss-reactive ketones (excluding diaryl/α,β-unsaturated/α-hetero) is 1. The van der Waals surface area contributed by atoms with E-state index in [1.807, 2.05) is 43.3 Å². The normalized spacial score (nSPS) is 16.8. The smallest absolute Gasteiger partial charge is 0.269 e. The molecule has 0 amide bonds. The zero-order chi connectivity index (χ0) is 19.4. The Hall–Kier alpha value is -2.57. The molecule has 1 aliphatic rings. The summed E-state index contributed by atoms with van der Waals surface area (Å²) >= 11 is 0. The van der Waals surface area contributed by atoms with Gasteiger partial charge in [-0.25, -0.2) is 0 Å². The fraction of sp³-hybridized carbons (Fsp3) is 0.381. The maximum absolute atomic E-state index is 12.4. The predicted molar refractivity (Wildman–Crippen MR) is 105 cm³/mol. The number of hydrogen-bond acceptors (Lipinski definition) is 5. The van der Waals surface area contributed by atoms with E-state index in [-0.39, 0.29) is 22.4 Å². The Morgan fingerprint density at radius 3 is 2.19 bits per heavy atom. The second kappa shape index (κ2) is 8.41. The first-order chi connectivity index (χ1) is 12.9. The quantitative estimate of drug-likeness (QED) is 0.444. The minimum Gasteiger partial charge on any atom is -0.294 e. The number of rotatable bonds is 6. The van der Waals surface area contributed by atoms with Gasteiger partial charge >= 0.3 is 0 Å². The summed E-state index contributed by atoms with van der Waals surface area (Å²) in [6, 6.07) is 14.7. The standard InChI is InChI=1S/C21H25N3O3/c1-16-3-5-19(6-4-16)21(25)15-22-11-13-23(14-12-22)17(2)18-7-9-20(10-8-18)24(26)27/h3-10,17H,11-15H2,1-2H3. The molecule has 0 aromatic heterocycles. The summed E-state index contributed by atoms with van der Waals surface area (Å²) < 4.78 is 0. The van der Waals surface area contributed by atoms with Crippen molar-refractivity contribution < 1.29 is 9.72 Å². The molecule has 6 heteroatoms. The highest BCUT2D eigenvalue weighted by Crippen LogP contribution is 2.23. The molecule has 1 atom stereocenters. The van der Waals surface area contributed by atoms with E-state index in [9.17, 15) is 14.9 Å². The number of ketones is 1. The summed E-state index contributed by atoms with van der Waals surface area (Å²) in [4.78, 5) is 27.4. The molecule has 6 nitrogen and oxygen atoms in total. The molecule has 3 rings (SSSR count). The Bertz CT molecular complexity index is 794. The van der Waals surface area contributed by atoms with Crippen LogP contribution in [0.1, 0.15) is 34.5 Å². The second-order valence-electron chi connectivity index (χ2n) is 7.13. The summed E-state index contributed by atoms with van der Waals surface area (Å²) in [7, 11) is 0. The Morgan fingerprint density at radius 1 is 1.04 bits per heavy atom. The van der Waals surface area contributed by atoms with Crippen molar-refractivity contribution in [1.82, 2.24) is 9.80 Å². The SMILES string of the molecule is Cc1ccc(C(=O)CN2CCN(C(C)c3ccc([N+](=O)[O-])cc3)CC2)cc1. The number of carbonyl (C=O) groups is 1. The monoisotopic (exact) mass is 367 g/mol. The molecule has 1 aliphatic heterocycles. The molecule has 0 spiro atoms. The van der Waals surface area contributed by atoms with Crippen LogP contribution >= 0.6 is 0 Å². The van der Waals surface area contributed by atoms with Crippen molar-refractivity contribution in [2.24, 2.45) is 0 Å². The van der Waals surface area contributed by atoms with Crippen LogP contribution in [-0.4, -0.2) is 53.2 Å². The van der Waals surface area contributed by atoms with E-state index in [1.165, 1.54) is 0 Å². The molecular weight excluding hydrogens is 342 g/mol. The van der Waals surface area contributed by atoms with Crippen molar-refractivity contribution >= 4 is 11.5 Å². The first-order valence-electron chi connectivity index (χ1n) is 9.24. The van der Waals surface area contributed by atoms with Gasteiger partial charge < -0.3 is 0 Å². The van der Waals surface area contributed by atoms with Crippen LogP contribution in [0.3, 0.4) is 0 Å². The van der Waals surface area contributed by atoms with Crippen LogP contribution in [0.5, 0.6) is 0 Å². The Morgan fingerprint density at radius 2 is 1.63 bits per heavy atom. The van der Waals surface area contributed by atoms with E-state index >= 15 is 0 Å². The Balaban J connectivity index is 1.52. The van der Waals surface area contributed by atoms with Crippen molar-refractivity contribution in [2.75, 3.05) is 32.7 Å². The van der Waals surface area contributed by atoms with Crippen LogP contribution in [0.4, 0.5) is 5.69 Å². The summed E-state index contributed by atoms with van der Waals surface area (Å²) in [6.07, 6.45) is 0. The van der Waals surface area contributed by atoms with E-state index < -0.39 is 0 Å². The fourth-order valence-corrected chi connectivity index (χ4v) is 3.43. The van der Waals surface area contributed by atoms with Gasteiger partial charge in [0, 0.05) is 49.9 Å². The van der Waals surface area contributed by atoms with Gasteiger partial charge in [0.25, 0.3) is 5.69 Å². The molecule has 1 heterocycles. The summed E-state index contributed by atoms with van der Waals surface area (Å²) in [5.41, 5.74) is 3.11. The van der Waals surface area contributed by atoms with Gasteiger partial charge in [0.1, 0.15) is 0 Å². The first-order valence-corrected chi connectivity index (χ1v) is 9.24. The van der Waals surface area contributed by atoms with Crippen LogP contribution in [-0.2, 0) is 0 Å². The molecule has 2 aromatic rings. The number of nitro benzene ring substituents is 1. The van der Waals surface area contributed by atoms with Crippen LogP contribution in [0.25, 0.3) is 0 Å². The fourth-order valence-electron chi connectivity index (χ4n) is 3.43. The maximum atomic E-state index is 12.4. The topological polar surface area (TPSA) is 66.7 Å². The van der Waals surface area contributed by atoms with Crippen molar-refractivity contribution in [1.29, 1.82) is 0 Å². The molecule has 0 N–H and O–H groups in total. The number of nitrogens with zero attached hydrogens (tertiary/aromatic N) is 3. The van der Waals surface area contributed by atoms with Gasteiger partial charge in [-0.3, -0.25) is 24.7 Å². The third kappa shape index (κ3) is 4.78. The van der Waals surface area contributed by atoms with Crippen molar-refractivity contribution in [3.8, 4) is 0 Å². The van der Waals surface area contributed by atoms with Crippen LogP contribution in [0, 0.1) is 17.0 Å². The average Bonchev–Trinajstić information content (AvgIpc) is 2.68. The molecule has 0 radical (unpaired) electrons. The minimum absolute atomic E-state index is 0.116. The number of carbonyl (C=O) groups excluding carboxylic acids is 1. The van der Waals surface area contributed by atoms with Crippen LogP contribution in [0.2, 0.25) is 0 Å². The number of benzene rings is 2. The molecule has 1 saturated heterocycles. The lowest BCUT2D eigenvalue weighted by atomic mass is 10.1. The zero-order valence-corrected chi connectivity index (χ0v) is 15.8. The van der Waals surface area contributed by atoms with Gasteiger partial charge in [-0.2, -0.15) is 0 Å². The highest BCUT2D eigenvalue weighted by Gasteiger charge is 2.23. The predicted octanol–water partition coefficient (Wildman–Crippen LogP) is 3.46. The molecule has 142 valence electrons. The van der Waals surface area contributed by atoms with Crippen molar-refractivity contribution in [3.05, 3.63) is 75.3 Å². The molecule has 1 unspecified atom stereocenters. The largest absolute Gasteiger partial charge is 0.294 e. The molecule has 0 bridgehead atoms. The molecular formula is C21H25N3O3. The molecule has 27 heavy (non-hydrogen) atoms. The Labute approximate surface area is 159 Å². The van der Waals surface area contributed by atoms with Crippen molar-refractivity contribution in [2.45, 2.75) is 19.9 Å². The van der Waals surface area contributed by atoms with Gasteiger partial charge in [0.15, 0.2) is 5.78 Å². The van der Waals surface area contributed by atoms with E-state index in [0.29, 0.717) is 6.54 Å². The summed E-state index contributed by atoms with van der Waals surface area (Å²) in [5, 5.41) is 10.8. The molecule has 1 fully saturated rings. The molecule has 2 aromatic carbocycles. The zero-order valence-electron chi connectivity index (χ0n) is 15.8. The lowest BCUT2D eigenvalue weighted by Gasteiger charge is -2.38. The third-order valence-electron chi connectivity index (χ3n) is 5.28. The summed E-state index contributed by atoms with van der Waals surface area (Å²) in [6.45, 7) is 8.01. The van der Waals surface area contributed by atoms with Crippen molar-refractivity contribution in [3.63, 3.8) is 0 Å². The number of non-ortho nitro benzene ring substituents is 1. The minimum atomic E-state index is -0.377. The lowest BCUT2D eigenvalue weighted by molar-refractivity contribution is -0.384. The van der Waals surface area contributed by atoms with E-state index in [1.54, 1.807) is 12.1 Å². The molecule has 0 saturated carbocycles. The van der Waals surface area contributed by atoms with Gasteiger partial charge in [-0.05, 0) is 19.4 Å². The Kier molecular flexibility index (Phi) is 5.98. The van der Waals surface area contributed by atoms with Gasteiger partial charge in [-0.1, -0.05) is 42.0 Å².